The van der Waals surface area contributed by atoms with Crippen molar-refractivity contribution in [3.05, 3.63) is 24.3 Å². The zero-order chi connectivity index (χ0) is 14.9. The first-order valence-electron chi connectivity index (χ1n) is 5.95. The number of nitrogens with zero attached hydrogens (tertiary/aromatic N) is 1. The van der Waals surface area contributed by atoms with Crippen LogP contribution in [0.5, 0.6) is 0 Å². The van der Waals surface area contributed by atoms with Gasteiger partial charge in [0.25, 0.3) is 0 Å². The molecule has 0 spiro atoms. The SMILES string of the molecule is O=C1CC(CS(=O)(=O)F)CN1c1cccc(B(O)O)c1. The first-order chi connectivity index (χ1) is 9.26. The van der Waals surface area contributed by atoms with E-state index >= 15 is 0 Å². The van der Waals surface area contributed by atoms with Gasteiger partial charge >= 0.3 is 17.3 Å². The third-order valence-electron chi connectivity index (χ3n) is 3.12. The lowest BCUT2D eigenvalue weighted by Gasteiger charge is -2.17. The van der Waals surface area contributed by atoms with E-state index < -0.39 is 29.0 Å². The highest BCUT2D eigenvalue weighted by molar-refractivity contribution is 7.86. The summed E-state index contributed by atoms with van der Waals surface area (Å²) < 4.78 is 33.9. The summed E-state index contributed by atoms with van der Waals surface area (Å²) in [5.74, 6) is -1.60. The Morgan fingerprint density at radius 3 is 2.70 bits per heavy atom. The lowest BCUT2D eigenvalue weighted by atomic mass is 9.80. The topological polar surface area (TPSA) is 94.9 Å². The summed E-state index contributed by atoms with van der Waals surface area (Å²) in [4.78, 5) is 13.2. The maximum atomic E-state index is 12.6. The molecule has 1 heterocycles. The second kappa shape index (κ2) is 5.51. The Bertz CT molecular complexity index is 621. The normalized spacial score (nSPS) is 19.4. The number of hydrogen-bond donors (Lipinski definition) is 2. The van der Waals surface area contributed by atoms with Crippen LogP contribution in [0.4, 0.5) is 9.57 Å². The number of hydrogen-bond acceptors (Lipinski definition) is 5. The highest BCUT2D eigenvalue weighted by Crippen LogP contribution is 2.25. The van der Waals surface area contributed by atoms with Crippen LogP contribution in [0.3, 0.4) is 0 Å². The van der Waals surface area contributed by atoms with Gasteiger partial charge in [-0.1, -0.05) is 12.1 Å². The fraction of sp³-hybridized carbons (Fsp3) is 0.364. The molecule has 9 heteroatoms. The molecule has 0 saturated carbocycles. The van der Waals surface area contributed by atoms with Gasteiger partial charge < -0.3 is 14.9 Å². The lowest BCUT2D eigenvalue weighted by molar-refractivity contribution is -0.117. The van der Waals surface area contributed by atoms with Gasteiger partial charge in [0.15, 0.2) is 0 Å². The summed E-state index contributed by atoms with van der Waals surface area (Å²) in [7, 11) is -6.27. The van der Waals surface area contributed by atoms with Crippen molar-refractivity contribution >= 4 is 34.4 Å². The lowest BCUT2D eigenvalue weighted by Crippen LogP contribution is -2.32. The summed E-state index contributed by atoms with van der Waals surface area (Å²) in [6.45, 7) is 0.0902. The van der Waals surface area contributed by atoms with Crippen LogP contribution >= 0.6 is 0 Å². The Morgan fingerprint density at radius 2 is 2.10 bits per heavy atom. The van der Waals surface area contributed by atoms with Crippen LogP contribution in [0.2, 0.25) is 0 Å². The maximum absolute atomic E-state index is 12.6. The van der Waals surface area contributed by atoms with E-state index in [1.807, 2.05) is 0 Å². The fourth-order valence-electron chi connectivity index (χ4n) is 2.28. The monoisotopic (exact) mass is 301 g/mol. The third-order valence-corrected chi connectivity index (χ3v) is 3.99. The summed E-state index contributed by atoms with van der Waals surface area (Å²) >= 11 is 0. The molecule has 108 valence electrons. The molecule has 1 aliphatic rings. The molecule has 1 aromatic rings. The van der Waals surface area contributed by atoms with Crippen molar-refractivity contribution in [3.8, 4) is 0 Å². The van der Waals surface area contributed by atoms with E-state index in [0.29, 0.717) is 5.69 Å². The Balaban J connectivity index is 2.17. The van der Waals surface area contributed by atoms with Crippen molar-refractivity contribution < 1.29 is 27.1 Å². The molecule has 1 aromatic carbocycles. The van der Waals surface area contributed by atoms with Crippen LogP contribution < -0.4 is 10.4 Å². The van der Waals surface area contributed by atoms with Crippen molar-refractivity contribution in [2.45, 2.75) is 6.42 Å². The van der Waals surface area contributed by atoms with Gasteiger partial charge in [-0.25, -0.2) is 0 Å². The molecule has 0 aromatic heterocycles. The second-order valence-electron chi connectivity index (χ2n) is 4.75. The maximum Gasteiger partial charge on any atom is 0.488 e. The van der Waals surface area contributed by atoms with Crippen LogP contribution in [0.1, 0.15) is 6.42 Å². The summed E-state index contributed by atoms with van der Waals surface area (Å²) in [5.41, 5.74) is 0.649. The first-order valence-corrected chi connectivity index (χ1v) is 7.50. The highest BCUT2D eigenvalue weighted by atomic mass is 32.3. The molecule has 1 atom stereocenters. The van der Waals surface area contributed by atoms with E-state index in [9.17, 15) is 17.1 Å². The molecule has 2 N–H and O–H groups in total. The number of benzene rings is 1. The molecule has 1 fully saturated rings. The summed E-state index contributed by atoms with van der Waals surface area (Å²) in [6.07, 6.45) is -0.0466. The smallest absolute Gasteiger partial charge is 0.423 e. The van der Waals surface area contributed by atoms with Gasteiger partial charge in [0.1, 0.15) is 0 Å². The molecule has 20 heavy (non-hydrogen) atoms. The average molecular weight is 301 g/mol. The molecule has 1 saturated heterocycles. The van der Waals surface area contributed by atoms with Gasteiger partial charge in [-0.2, -0.15) is 8.42 Å². The zero-order valence-electron chi connectivity index (χ0n) is 10.4. The third kappa shape index (κ3) is 3.56. The minimum absolute atomic E-state index is 0.0466. The van der Waals surface area contributed by atoms with E-state index in [0.717, 1.165) is 0 Å². The van der Waals surface area contributed by atoms with Gasteiger partial charge in [0.05, 0.1) is 5.75 Å². The van der Waals surface area contributed by atoms with E-state index in [1.54, 1.807) is 12.1 Å². The minimum Gasteiger partial charge on any atom is -0.423 e. The van der Waals surface area contributed by atoms with Crippen LogP contribution in [-0.2, 0) is 15.0 Å². The number of carbonyl (C=O) groups excluding carboxylic acids is 1. The van der Waals surface area contributed by atoms with Crippen molar-refractivity contribution in [2.75, 3.05) is 17.2 Å². The minimum atomic E-state index is -4.62. The molecule has 1 aliphatic heterocycles. The summed E-state index contributed by atoms with van der Waals surface area (Å²) in [6, 6.07) is 6.06. The second-order valence-corrected chi connectivity index (χ2v) is 6.16. The van der Waals surface area contributed by atoms with Gasteiger partial charge in [0, 0.05) is 24.6 Å². The van der Waals surface area contributed by atoms with Gasteiger partial charge in [0.2, 0.25) is 5.91 Å². The van der Waals surface area contributed by atoms with Crippen molar-refractivity contribution in [1.29, 1.82) is 0 Å². The van der Waals surface area contributed by atoms with Crippen LogP contribution in [0.15, 0.2) is 24.3 Å². The molecular weight excluding hydrogens is 288 g/mol. The number of rotatable bonds is 4. The van der Waals surface area contributed by atoms with E-state index in [2.05, 4.69) is 0 Å². The quantitative estimate of drug-likeness (QED) is 0.550. The van der Waals surface area contributed by atoms with E-state index in [4.69, 9.17) is 10.0 Å². The predicted molar refractivity (Wildman–Crippen MR) is 71.6 cm³/mol. The predicted octanol–water partition coefficient (Wildman–Crippen LogP) is -0.981. The van der Waals surface area contributed by atoms with Gasteiger partial charge in [-0.05, 0) is 17.6 Å². The standard InChI is InChI=1S/C11H13BFNO5S/c13-20(18,19)7-8-4-11(15)14(6-8)10-3-1-2-9(5-10)12(16)17/h1-3,5,8,16-17H,4,6-7H2. The number of halogens is 1. The molecule has 6 nitrogen and oxygen atoms in total. The van der Waals surface area contributed by atoms with Crippen LogP contribution in [0, 0.1) is 5.92 Å². The molecule has 0 bridgehead atoms. The highest BCUT2D eigenvalue weighted by Gasteiger charge is 2.33. The van der Waals surface area contributed by atoms with Gasteiger partial charge in [-0.15, -0.1) is 3.89 Å². The number of anilines is 1. The van der Waals surface area contributed by atoms with E-state index in [-0.39, 0.29) is 24.3 Å². The summed E-state index contributed by atoms with van der Waals surface area (Å²) in [5, 5.41) is 18.2. The average Bonchev–Trinajstić information content (AvgIpc) is 2.68. The zero-order valence-corrected chi connectivity index (χ0v) is 11.3. The molecule has 0 aliphatic carbocycles. The van der Waals surface area contributed by atoms with Crippen molar-refractivity contribution in [2.24, 2.45) is 5.92 Å². The van der Waals surface area contributed by atoms with Crippen LogP contribution in [0.25, 0.3) is 0 Å². The Morgan fingerprint density at radius 1 is 1.40 bits per heavy atom. The largest absolute Gasteiger partial charge is 0.488 e. The van der Waals surface area contributed by atoms with Crippen molar-refractivity contribution in [3.63, 3.8) is 0 Å². The fourth-order valence-corrected chi connectivity index (χ4v) is 3.06. The van der Waals surface area contributed by atoms with Crippen LogP contribution in [-0.4, -0.2) is 43.8 Å². The Hall–Kier alpha value is -1.45. The Labute approximate surface area is 116 Å². The number of amides is 1. The molecule has 1 unspecified atom stereocenters. The van der Waals surface area contributed by atoms with E-state index in [1.165, 1.54) is 17.0 Å². The molecular formula is C11H13BFNO5S. The van der Waals surface area contributed by atoms with Gasteiger partial charge in [-0.3, -0.25) is 4.79 Å². The van der Waals surface area contributed by atoms with Crippen molar-refractivity contribution in [1.82, 2.24) is 0 Å². The molecule has 0 radical (unpaired) electrons. The Kier molecular flexibility index (Phi) is 4.12. The number of carbonyl (C=O) groups is 1. The molecule has 1 amide bonds. The first kappa shape index (κ1) is 15.0. The molecule has 2 rings (SSSR count).